The van der Waals surface area contributed by atoms with Gasteiger partial charge in [-0.1, -0.05) is 30.3 Å². The van der Waals surface area contributed by atoms with Gasteiger partial charge in [0, 0.05) is 24.3 Å². The van der Waals surface area contributed by atoms with Crippen molar-refractivity contribution in [1.29, 1.82) is 0 Å². The molecule has 0 atom stereocenters. The van der Waals surface area contributed by atoms with Crippen LogP contribution in [-0.2, 0) is 13.1 Å². The Labute approximate surface area is 121 Å². The van der Waals surface area contributed by atoms with E-state index in [0.29, 0.717) is 0 Å². The van der Waals surface area contributed by atoms with E-state index in [1.54, 1.807) is 7.11 Å². The molecule has 3 nitrogen and oxygen atoms in total. The van der Waals surface area contributed by atoms with Crippen LogP contribution in [0.15, 0.2) is 48.5 Å². The van der Waals surface area contributed by atoms with Gasteiger partial charge in [-0.3, -0.25) is 0 Å². The molecule has 0 aliphatic rings. The highest BCUT2D eigenvalue weighted by molar-refractivity contribution is 5.46. The van der Waals surface area contributed by atoms with Crippen molar-refractivity contribution in [3.8, 4) is 5.75 Å². The first-order valence-corrected chi connectivity index (χ1v) is 6.78. The minimum atomic E-state index is 0.761. The summed E-state index contributed by atoms with van der Waals surface area (Å²) in [6.45, 7) is 1.73. The van der Waals surface area contributed by atoms with Crippen molar-refractivity contribution in [2.24, 2.45) is 0 Å². The van der Waals surface area contributed by atoms with E-state index in [9.17, 15) is 0 Å². The monoisotopic (exact) mass is 270 g/mol. The Morgan fingerprint density at radius 3 is 2.35 bits per heavy atom. The zero-order valence-corrected chi connectivity index (χ0v) is 12.4. The fourth-order valence-corrected chi connectivity index (χ4v) is 2.14. The number of para-hydroxylation sites is 1. The van der Waals surface area contributed by atoms with Crippen LogP contribution in [0.4, 0.5) is 5.69 Å². The van der Waals surface area contributed by atoms with Crippen molar-refractivity contribution in [3.05, 3.63) is 59.7 Å². The predicted molar refractivity (Wildman–Crippen MR) is 84.2 cm³/mol. The van der Waals surface area contributed by atoms with Gasteiger partial charge in [-0.25, -0.2) is 0 Å². The summed E-state index contributed by atoms with van der Waals surface area (Å²) in [6.07, 6.45) is 0. The Kier molecular flexibility index (Phi) is 5.02. The van der Waals surface area contributed by atoms with Gasteiger partial charge in [-0.2, -0.15) is 0 Å². The van der Waals surface area contributed by atoms with Gasteiger partial charge in [0.05, 0.1) is 7.11 Å². The van der Waals surface area contributed by atoms with E-state index < -0.39 is 0 Å². The zero-order chi connectivity index (χ0) is 14.4. The Morgan fingerprint density at radius 1 is 1.00 bits per heavy atom. The van der Waals surface area contributed by atoms with Crippen molar-refractivity contribution in [1.82, 2.24) is 4.90 Å². The van der Waals surface area contributed by atoms with E-state index in [2.05, 4.69) is 54.6 Å². The lowest BCUT2D eigenvalue weighted by atomic mass is 10.1. The number of hydrogen-bond acceptors (Lipinski definition) is 3. The van der Waals surface area contributed by atoms with E-state index in [4.69, 9.17) is 4.74 Å². The molecule has 2 rings (SSSR count). The predicted octanol–water partition coefficient (Wildman–Crippen LogP) is 3.37. The molecule has 0 spiro atoms. The number of hydrogen-bond donors (Lipinski definition) is 1. The minimum Gasteiger partial charge on any atom is -0.496 e. The molecule has 2 aromatic rings. The van der Waals surface area contributed by atoms with E-state index in [0.717, 1.165) is 30.1 Å². The summed E-state index contributed by atoms with van der Waals surface area (Å²) in [5.41, 5.74) is 3.60. The Bertz CT molecular complexity index is 535. The number of ether oxygens (including phenoxy) is 1. The first-order valence-electron chi connectivity index (χ1n) is 6.78. The highest BCUT2D eigenvalue weighted by Gasteiger charge is 2.01. The molecule has 20 heavy (non-hydrogen) atoms. The van der Waals surface area contributed by atoms with Crippen LogP contribution in [0.3, 0.4) is 0 Å². The molecule has 0 aromatic heterocycles. The molecule has 0 saturated heterocycles. The Morgan fingerprint density at radius 2 is 1.70 bits per heavy atom. The van der Waals surface area contributed by atoms with Crippen LogP contribution in [0.25, 0.3) is 0 Å². The minimum absolute atomic E-state index is 0.761. The maximum absolute atomic E-state index is 5.35. The molecule has 0 aliphatic carbocycles. The topological polar surface area (TPSA) is 24.5 Å². The molecule has 0 unspecified atom stereocenters. The molecule has 0 saturated carbocycles. The quantitative estimate of drug-likeness (QED) is 0.871. The number of nitrogens with zero attached hydrogens (tertiary/aromatic N) is 1. The van der Waals surface area contributed by atoms with Crippen molar-refractivity contribution < 1.29 is 4.74 Å². The Balaban J connectivity index is 1.97. The van der Waals surface area contributed by atoms with Crippen molar-refractivity contribution in [2.75, 3.05) is 26.5 Å². The second-order valence-electron chi connectivity index (χ2n) is 5.10. The van der Waals surface area contributed by atoms with Crippen LogP contribution in [0.1, 0.15) is 11.1 Å². The maximum Gasteiger partial charge on any atom is 0.123 e. The van der Waals surface area contributed by atoms with Gasteiger partial charge in [0.2, 0.25) is 0 Å². The third-order valence-electron chi connectivity index (χ3n) is 3.13. The van der Waals surface area contributed by atoms with Crippen LogP contribution in [0, 0.1) is 0 Å². The molecule has 2 aromatic carbocycles. The molecule has 3 heteroatoms. The average Bonchev–Trinajstić information content (AvgIpc) is 2.46. The molecule has 0 fully saturated rings. The van der Waals surface area contributed by atoms with Gasteiger partial charge in [-0.15, -0.1) is 0 Å². The number of benzene rings is 2. The number of nitrogens with one attached hydrogen (secondary N) is 1. The van der Waals surface area contributed by atoms with Gasteiger partial charge in [-0.05, 0) is 37.9 Å². The summed E-state index contributed by atoms with van der Waals surface area (Å²) in [4.78, 5) is 2.16. The lowest BCUT2D eigenvalue weighted by Gasteiger charge is -2.12. The Hall–Kier alpha value is -2.00. The van der Waals surface area contributed by atoms with E-state index in [1.807, 2.05) is 18.2 Å². The molecular weight excluding hydrogens is 248 g/mol. The van der Waals surface area contributed by atoms with Crippen LogP contribution < -0.4 is 10.1 Å². The van der Waals surface area contributed by atoms with Crippen molar-refractivity contribution >= 4 is 5.69 Å². The van der Waals surface area contributed by atoms with E-state index in [1.165, 1.54) is 5.56 Å². The maximum atomic E-state index is 5.35. The molecule has 1 N–H and O–H groups in total. The number of methoxy groups -OCH3 is 1. The van der Waals surface area contributed by atoms with Crippen LogP contribution in [-0.4, -0.2) is 26.1 Å². The normalized spacial score (nSPS) is 10.6. The fourth-order valence-electron chi connectivity index (χ4n) is 2.14. The van der Waals surface area contributed by atoms with Crippen molar-refractivity contribution in [2.45, 2.75) is 13.1 Å². The van der Waals surface area contributed by atoms with Gasteiger partial charge in [0.15, 0.2) is 0 Å². The SMILES string of the molecule is COc1ccccc1CNc1ccc(CN(C)C)cc1. The second-order valence-corrected chi connectivity index (χ2v) is 5.10. The summed E-state index contributed by atoms with van der Waals surface area (Å²) in [5, 5.41) is 3.42. The van der Waals surface area contributed by atoms with Crippen molar-refractivity contribution in [3.63, 3.8) is 0 Å². The highest BCUT2D eigenvalue weighted by Crippen LogP contribution is 2.19. The lowest BCUT2D eigenvalue weighted by molar-refractivity contribution is 0.402. The van der Waals surface area contributed by atoms with Gasteiger partial charge in [0.1, 0.15) is 5.75 Å². The third-order valence-corrected chi connectivity index (χ3v) is 3.13. The third kappa shape index (κ3) is 4.00. The van der Waals surface area contributed by atoms with Gasteiger partial charge in [0.25, 0.3) is 0 Å². The zero-order valence-electron chi connectivity index (χ0n) is 12.4. The average molecular weight is 270 g/mol. The molecule has 0 heterocycles. The summed E-state index contributed by atoms with van der Waals surface area (Å²) in [6, 6.07) is 16.6. The van der Waals surface area contributed by atoms with Crippen LogP contribution >= 0.6 is 0 Å². The van der Waals surface area contributed by atoms with E-state index in [-0.39, 0.29) is 0 Å². The molecule has 0 radical (unpaired) electrons. The molecule has 0 aliphatic heterocycles. The molecule has 106 valence electrons. The van der Waals surface area contributed by atoms with E-state index >= 15 is 0 Å². The second kappa shape index (κ2) is 6.96. The van der Waals surface area contributed by atoms with Gasteiger partial charge < -0.3 is 15.0 Å². The number of rotatable bonds is 6. The lowest BCUT2D eigenvalue weighted by Crippen LogP contribution is -2.10. The number of anilines is 1. The first-order chi connectivity index (χ1) is 9.69. The fraction of sp³-hybridized carbons (Fsp3) is 0.294. The summed E-state index contributed by atoms with van der Waals surface area (Å²) in [7, 11) is 5.86. The molecule has 0 amide bonds. The summed E-state index contributed by atoms with van der Waals surface area (Å²) >= 11 is 0. The highest BCUT2D eigenvalue weighted by atomic mass is 16.5. The molecule has 0 bridgehead atoms. The largest absolute Gasteiger partial charge is 0.496 e. The van der Waals surface area contributed by atoms with Crippen LogP contribution in [0.2, 0.25) is 0 Å². The standard InChI is InChI=1S/C17H22N2O/c1-19(2)13-14-8-10-16(11-9-14)18-12-15-6-4-5-7-17(15)20-3/h4-11,18H,12-13H2,1-3H3. The summed E-state index contributed by atoms with van der Waals surface area (Å²) < 4.78 is 5.35. The van der Waals surface area contributed by atoms with Gasteiger partial charge >= 0.3 is 0 Å². The first kappa shape index (κ1) is 14.4. The summed E-state index contributed by atoms with van der Waals surface area (Å²) in [5.74, 6) is 0.921. The molecular formula is C17H22N2O. The smallest absolute Gasteiger partial charge is 0.123 e. The van der Waals surface area contributed by atoms with Crippen LogP contribution in [0.5, 0.6) is 5.75 Å².